The van der Waals surface area contributed by atoms with Gasteiger partial charge in [-0.05, 0) is 24.3 Å². The molecule has 1 aromatic heterocycles. The first-order valence-electron chi connectivity index (χ1n) is 5.44. The van der Waals surface area contributed by atoms with Gasteiger partial charge in [0.25, 0.3) is 5.91 Å². The fourth-order valence-corrected chi connectivity index (χ4v) is 1.92. The predicted octanol–water partition coefficient (Wildman–Crippen LogP) is 3.34. The molecule has 1 aromatic carbocycles. The lowest BCUT2D eigenvalue weighted by Gasteiger charge is -2.09. The zero-order chi connectivity index (χ0) is 14.7. The van der Waals surface area contributed by atoms with Crippen LogP contribution in [0.3, 0.4) is 0 Å². The normalized spacial score (nSPS) is 10.1. The minimum atomic E-state index is -1.22. The van der Waals surface area contributed by atoms with Crippen molar-refractivity contribution in [2.24, 2.45) is 0 Å². The number of amides is 1. The van der Waals surface area contributed by atoms with Gasteiger partial charge in [0.15, 0.2) is 0 Å². The lowest BCUT2D eigenvalue weighted by molar-refractivity contribution is 0.0698. The van der Waals surface area contributed by atoms with Gasteiger partial charge in [-0.15, -0.1) is 0 Å². The molecule has 0 aliphatic carbocycles. The number of nitrogens with zero attached hydrogens (tertiary/aromatic N) is 1. The summed E-state index contributed by atoms with van der Waals surface area (Å²) < 4.78 is 0. The van der Waals surface area contributed by atoms with Gasteiger partial charge < -0.3 is 10.4 Å². The van der Waals surface area contributed by atoms with Gasteiger partial charge in [0, 0.05) is 6.20 Å². The van der Waals surface area contributed by atoms with Crippen LogP contribution in [0.5, 0.6) is 0 Å². The summed E-state index contributed by atoms with van der Waals surface area (Å²) in [6.07, 6.45) is 1.29. The van der Waals surface area contributed by atoms with Crippen molar-refractivity contribution in [3.63, 3.8) is 0 Å². The SMILES string of the molecule is O=C(Nc1cccc(Cl)c1C(=O)O)c1ccc(Cl)nc1. The van der Waals surface area contributed by atoms with Crippen molar-refractivity contribution in [3.8, 4) is 0 Å². The Balaban J connectivity index is 2.30. The van der Waals surface area contributed by atoms with Crippen molar-refractivity contribution in [2.75, 3.05) is 5.32 Å². The van der Waals surface area contributed by atoms with Crippen LogP contribution in [0, 0.1) is 0 Å². The summed E-state index contributed by atoms with van der Waals surface area (Å²) in [5.74, 6) is -1.72. The van der Waals surface area contributed by atoms with Crippen LogP contribution >= 0.6 is 23.2 Å². The molecule has 2 aromatic rings. The largest absolute Gasteiger partial charge is 0.478 e. The molecule has 102 valence electrons. The first kappa shape index (κ1) is 14.3. The monoisotopic (exact) mass is 310 g/mol. The summed E-state index contributed by atoms with van der Waals surface area (Å²) in [5, 5.41) is 11.9. The van der Waals surface area contributed by atoms with Crippen LogP contribution < -0.4 is 5.32 Å². The number of nitrogens with one attached hydrogen (secondary N) is 1. The van der Waals surface area contributed by atoms with Gasteiger partial charge in [-0.25, -0.2) is 9.78 Å². The number of benzene rings is 1. The fourth-order valence-electron chi connectivity index (χ4n) is 1.55. The summed E-state index contributed by atoms with van der Waals surface area (Å²) in [6, 6.07) is 7.38. The fraction of sp³-hybridized carbons (Fsp3) is 0. The highest BCUT2D eigenvalue weighted by molar-refractivity contribution is 6.34. The molecule has 0 unspecified atom stereocenters. The molecule has 1 heterocycles. The number of aromatic nitrogens is 1. The molecule has 5 nitrogen and oxygen atoms in total. The number of rotatable bonds is 3. The van der Waals surface area contributed by atoms with Gasteiger partial charge in [0.2, 0.25) is 0 Å². The van der Waals surface area contributed by atoms with Crippen molar-refractivity contribution in [3.05, 3.63) is 57.8 Å². The van der Waals surface area contributed by atoms with Gasteiger partial charge in [0.1, 0.15) is 10.7 Å². The molecule has 0 fully saturated rings. The maximum absolute atomic E-state index is 12.0. The molecule has 0 radical (unpaired) electrons. The Morgan fingerprint density at radius 3 is 2.50 bits per heavy atom. The van der Waals surface area contributed by atoms with Crippen LogP contribution in [0.1, 0.15) is 20.7 Å². The lowest BCUT2D eigenvalue weighted by Crippen LogP contribution is -2.15. The number of halogens is 2. The Hall–Kier alpha value is -2.11. The van der Waals surface area contributed by atoms with E-state index in [1.165, 1.54) is 30.5 Å². The standard InChI is InChI=1S/C13H8Cl2N2O3/c14-8-2-1-3-9(11(8)13(19)20)17-12(18)7-4-5-10(15)16-6-7/h1-6H,(H,17,18)(H,19,20). The van der Waals surface area contributed by atoms with E-state index in [0.29, 0.717) is 0 Å². The molecule has 1 amide bonds. The van der Waals surface area contributed by atoms with Crippen molar-refractivity contribution < 1.29 is 14.7 Å². The number of carbonyl (C=O) groups is 2. The highest BCUT2D eigenvalue weighted by atomic mass is 35.5. The van der Waals surface area contributed by atoms with Crippen LogP contribution in [0.15, 0.2) is 36.5 Å². The molecule has 0 bridgehead atoms. The molecule has 20 heavy (non-hydrogen) atoms. The lowest BCUT2D eigenvalue weighted by atomic mass is 10.1. The maximum Gasteiger partial charge on any atom is 0.339 e. The second-order valence-corrected chi connectivity index (χ2v) is 4.59. The summed E-state index contributed by atoms with van der Waals surface area (Å²) in [5.41, 5.74) is 0.208. The molecule has 0 spiro atoms. The number of hydrogen-bond donors (Lipinski definition) is 2. The van der Waals surface area contributed by atoms with Crippen LogP contribution in [0.4, 0.5) is 5.69 Å². The van der Waals surface area contributed by atoms with Crippen LogP contribution in [-0.2, 0) is 0 Å². The first-order valence-corrected chi connectivity index (χ1v) is 6.19. The van der Waals surface area contributed by atoms with Crippen molar-refractivity contribution in [2.45, 2.75) is 0 Å². The summed E-state index contributed by atoms with van der Waals surface area (Å²) in [4.78, 5) is 26.9. The molecule has 2 rings (SSSR count). The molecule has 7 heteroatoms. The van der Waals surface area contributed by atoms with Gasteiger partial charge in [0.05, 0.1) is 16.3 Å². The smallest absolute Gasteiger partial charge is 0.339 e. The quantitative estimate of drug-likeness (QED) is 0.852. The van der Waals surface area contributed by atoms with E-state index in [2.05, 4.69) is 10.3 Å². The van der Waals surface area contributed by atoms with E-state index in [4.69, 9.17) is 28.3 Å². The van der Waals surface area contributed by atoms with Crippen molar-refractivity contribution in [1.29, 1.82) is 0 Å². The van der Waals surface area contributed by atoms with E-state index < -0.39 is 11.9 Å². The van der Waals surface area contributed by atoms with Crippen molar-refractivity contribution >= 4 is 40.8 Å². The van der Waals surface area contributed by atoms with Gasteiger partial charge in [-0.1, -0.05) is 29.3 Å². The molecular formula is C13H8Cl2N2O3. The summed E-state index contributed by atoms with van der Waals surface area (Å²) in [6.45, 7) is 0. The van der Waals surface area contributed by atoms with Crippen LogP contribution in [0.2, 0.25) is 10.2 Å². The first-order chi connectivity index (χ1) is 9.49. The number of carboxylic acid groups (broad SMARTS) is 1. The van der Waals surface area contributed by atoms with E-state index in [0.717, 1.165) is 0 Å². The van der Waals surface area contributed by atoms with E-state index in [-0.39, 0.29) is 27.0 Å². The van der Waals surface area contributed by atoms with Gasteiger partial charge in [-0.2, -0.15) is 0 Å². The highest BCUT2D eigenvalue weighted by Crippen LogP contribution is 2.24. The molecule has 0 aliphatic heterocycles. The Kier molecular flexibility index (Phi) is 4.22. The van der Waals surface area contributed by atoms with Crippen LogP contribution in [0.25, 0.3) is 0 Å². The molecule has 0 saturated heterocycles. The predicted molar refractivity (Wildman–Crippen MR) is 75.6 cm³/mol. The van der Waals surface area contributed by atoms with Crippen molar-refractivity contribution in [1.82, 2.24) is 4.98 Å². The second kappa shape index (κ2) is 5.90. The third-order valence-corrected chi connectivity index (χ3v) is 3.00. The number of pyridine rings is 1. The molecule has 0 aliphatic rings. The molecule has 0 saturated carbocycles. The van der Waals surface area contributed by atoms with Gasteiger partial charge in [-0.3, -0.25) is 4.79 Å². The minimum absolute atomic E-state index is 0.0459. The molecule has 2 N–H and O–H groups in total. The topological polar surface area (TPSA) is 79.3 Å². The Bertz CT molecular complexity index is 672. The zero-order valence-corrected chi connectivity index (χ0v) is 11.4. The minimum Gasteiger partial charge on any atom is -0.478 e. The molecular weight excluding hydrogens is 303 g/mol. The van der Waals surface area contributed by atoms with Crippen LogP contribution in [-0.4, -0.2) is 22.0 Å². The van der Waals surface area contributed by atoms with Gasteiger partial charge >= 0.3 is 5.97 Å². The Morgan fingerprint density at radius 2 is 1.90 bits per heavy atom. The number of aromatic carboxylic acids is 1. The second-order valence-electron chi connectivity index (χ2n) is 3.79. The van der Waals surface area contributed by atoms with E-state index >= 15 is 0 Å². The number of anilines is 1. The number of hydrogen-bond acceptors (Lipinski definition) is 3. The maximum atomic E-state index is 12.0. The van der Waals surface area contributed by atoms with E-state index in [1.807, 2.05) is 0 Å². The number of carboxylic acids is 1. The third-order valence-electron chi connectivity index (χ3n) is 2.47. The molecule has 0 atom stereocenters. The average Bonchev–Trinajstić information content (AvgIpc) is 2.39. The summed E-state index contributed by atoms with van der Waals surface area (Å²) >= 11 is 11.4. The zero-order valence-electron chi connectivity index (χ0n) is 9.93. The Morgan fingerprint density at radius 1 is 1.15 bits per heavy atom. The highest BCUT2D eigenvalue weighted by Gasteiger charge is 2.16. The Labute approximate surface area is 124 Å². The third kappa shape index (κ3) is 3.07. The summed E-state index contributed by atoms with van der Waals surface area (Å²) in [7, 11) is 0. The van der Waals surface area contributed by atoms with E-state index in [9.17, 15) is 9.59 Å². The average molecular weight is 311 g/mol. The van der Waals surface area contributed by atoms with E-state index in [1.54, 1.807) is 6.07 Å². The number of carbonyl (C=O) groups excluding carboxylic acids is 1.